The average molecular weight is 487 g/mol. The Labute approximate surface area is 197 Å². The third-order valence-corrected chi connectivity index (χ3v) is 6.03. The van der Waals surface area contributed by atoms with Crippen LogP contribution in [0, 0.1) is 0 Å². The fourth-order valence-corrected chi connectivity index (χ4v) is 4.04. The highest BCUT2D eigenvalue weighted by Crippen LogP contribution is 2.28. The van der Waals surface area contributed by atoms with Gasteiger partial charge in [0.05, 0.1) is 20.8 Å². The van der Waals surface area contributed by atoms with E-state index in [4.69, 9.17) is 32.7 Å². The molecule has 0 aliphatic carbocycles. The van der Waals surface area contributed by atoms with Gasteiger partial charge in [-0.2, -0.15) is 0 Å². The summed E-state index contributed by atoms with van der Waals surface area (Å²) in [5.41, 5.74) is 1.01. The van der Waals surface area contributed by atoms with Crippen LogP contribution in [-0.2, 0) is 22.6 Å². The van der Waals surface area contributed by atoms with Crippen LogP contribution in [0.5, 0.6) is 11.5 Å². The van der Waals surface area contributed by atoms with Crippen LogP contribution >= 0.6 is 34.5 Å². The SMILES string of the molecule is COc1ccc(CCN(Cc2cccs2)C(=O)CN(C(=O)C(Cl)Cl)C(C)C)cc1OC. The monoisotopic (exact) mass is 486 g/mol. The summed E-state index contributed by atoms with van der Waals surface area (Å²) in [7, 11) is 3.18. The fraction of sp³-hybridized carbons (Fsp3) is 0.455. The number of ether oxygens (including phenoxy) is 2. The summed E-state index contributed by atoms with van der Waals surface area (Å²) in [4.78, 5) is 28.5. The number of amides is 2. The zero-order chi connectivity index (χ0) is 23.0. The summed E-state index contributed by atoms with van der Waals surface area (Å²) < 4.78 is 10.7. The molecule has 0 saturated heterocycles. The molecule has 6 nitrogen and oxygen atoms in total. The molecule has 170 valence electrons. The van der Waals surface area contributed by atoms with E-state index in [1.807, 2.05) is 49.6 Å². The molecule has 0 fully saturated rings. The zero-order valence-electron chi connectivity index (χ0n) is 18.1. The van der Waals surface area contributed by atoms with Gasteiger partial charge in [0.2, 0.25) is 5.91 Å². The van der Waals surface area contributed by atoms with Crippen LogP contribution in [0.3, 0.4) is 0 Å². The Kier molecular flexibility index (Phi) is 9.93. The number of hydrogen-bond acceptors (Lipinski definition) is 5. The molecule has 0 spiro atoms. The van der Waals surface area contributed by atoms with Gasteiger partial charge in [-0.3, -0.25) is 9.59 Å². The molecule has 0 atom stereocenters. The first-order chi connectivity index (χ1) is 14.8. The summed E-state index contributed by atoms with van der Waals surface area (Å²) in [5.74, 6) is 0.663. The molecule has 0 aliphatic rings. The van der Waals surface area contributed by atoms with Crippen molar-refractivity contribution in [2.24, 2.45) is 0 Å². The number of nitrogens with zero attached hydrogens (tertiary/aromatic N) is 2. The van der Waals surface area contributed by atoms with Gasteiger partial charge in [0.25, 0.3) is 5.91 Å². The summed E-state index contributed by atoms with van der Waals surface area (Å²) in [6.07, 6.45) is 0.626. The minimum Gasteiger partial charge on any atom is -0.493 e. The van der Waals surface area contributed by atoms with E-state index in [-0.39, 0.29) is 18.5 Å². The Balaban J connectivity index is 2.16. The molecule has 1 aromatic heterocycles. The second-order valence-electron chi connectivity index (χ2n) is 7.19. The number of carbonyl (C=O) groups is 2. The molecule has 1 heterocycles. The molecular formula is C22H28Cl2N2O4S. The van der Waals surface area contributed by atoms with Gasteiger partial charge in [0, 0.05) is 17.5 Å². The molecule has 0 unspecified atom stereocenters. The van der Waals surface area contributed by atoms with Gasteiger partial charge in [-0.25, -0.2) is 0 Å². The van der Waals surface area contributed by atoms with E-state index in [0.29, 0.717) is 31.0 Å². The predicted molar refractivity (Wildman–Crippen MR) is 125 cm³/mol. The second kappa shape index (κ2) is 12.2. The first-order valence-electron chi connectivity index (χ1n) is 9.86. The van der Waals surface area contributed by atoms with Gasteiger partial charge in [-0.1, -0.05) is 35.3 Å². The molecule has 9 heteroatoms. The van der Waals surface area contributed by atoms with E-state index in [0.717, 1.165) is 10.4 Å². The van der Waals surface area contributed by atoms with Gasteiger partial charge in [0.1, 0.15) is 6.54 Å². The van der Waals surface area contributed by atoms with E-state index in [2.05, 4.69) is 0 Å². The average Bonchev–Trinajstić information content (AvgIpc) is 3.26. The van der Waals surface area contributed by atoms with Gasteiger partial charge in [-0.05, 0) is 49.4 Å². The predicted octanol–water partition coefficient (Wildman–Crippen LogP) is 4.38. The van der Waals surface area contributed by atoms with Gasteiger partial charge in [-0.15, -0.1) is 11.3 Å². The van der Waals surface area contributed by atoms with E-state index in [1.165, 1.54) is 4.90 Å². The van der Waals surface area contributed by atoms with Gasteiger partial charge >= 0.3 is 0 Å². The smallest absolute Gasteiger partial charge is 0.256 e. The molecule has 2 aromatic rings. The fourth-order valence-electron chi connectivity index (χ4n) is 3.07. The van der Waals surface area contributed by atoms with E-state index >= 15 is 0 Å². The van der Waals surface area contributed by atoms with Crippen molar-refractivity contribution in [3.63, 3.8) is 0 Å². The molecular weight excluding hydrogens is 459 g/mol. The molecule has 0 radical (unpaired) electrons. The van der Waals surface area contributed by atoms with Crippen LogP contribution in [0.15, 0.2) is 35.7 Å². The molecule has 0 aliphatic heterocycles. The number of rotatable bonds is 11. The normalized spacial score (nSPS) is 11.0. The highest BCUT2D eigenvalue weighted by atomic mass is 35.5. The number of halogens is 2. The minimum atomic E-state index is -1.20. The molecule has 31 heavy (non-hydrogen) atoms. The molecule has 0 N–H and O–H groups in total. The zero-order valence-corrected chi connectivity index (χ0v) is 20.5. The number of benzene rings is 1. The van der Waals surface area contributed by atoms with Crippen LogP contribution in [0.25, 0.3) is 0 Å². The Morgan fingerprint density at radius 3 is 2.35 bits per heavy atom. The second-order valence-corrected chi connectivity index (χ2v) is 9.32. The number of alkyl halides is 2. The Hall–Kier alpha value is -1.96. The Bertz CT molecular complexity index is 859. The van der Waals surface area contributed by atoms with Gasteiger partial charge < -0.3 is 19.3 Å². The maximum Gasteiger partial charge on any atom is 0.256 e. The first kappa shape index (κ1) is 25.3. The van der Waals surface area contributed by atoms with Crippen molar-refractivity contribution in [2.45, 2.75) is 37.7 Å². The lowest BCUT2D eigenvalue weighted by molar-refractivity contribution is -0.141. The Morgan fingerprint density at radius 2 is 1.81 bits per heavy atom. The largest absolute Gasteiger partial charge is 0.493 e. The lowest BCUT2D eigenvalue weighted by atomic mass is 10.1. The molecule has 2 amide bonds. The van der Waals surface area contributed by atoms with Crippen LogP contribution in [0.2, 0.25) is 0 Å². The van der Waals surface area contributed by atoms with Crippen LogP contribution in [0.1, 0.15) is 24.3 Å². The van der Waals surface area contributed by atoms with E-state index in [9.17, 15) is 9.59 Å². The van der Waals surface area contributed by atoms with Crippen molar-refractivity contribution in [3.8, 4) is 11.5 Å². The summed E-state index contributed by atoms with van der Waals surface area (Å²) >= 11 is 13.1. The van der Waals surface area contributed by atoms with E-state index in [1.54, 1.807) is 30.5 Å². The highest BCUT2D eigenvalue weighted by Gasteiger charge is 2.27. The van der Waals surface area contributed by atoms with Crippen molar-refractivity contribution in [1.82, 2.24) is 9.80 Å². The standard InChI is InChI=1S/C22H28Cl2N2O4S/c1-15(2)26(22(28)21(23)24)14-20(27)25(13-17-6-5-11-31-17)10-9-16-7-8-18(29-3)19(12-16)30-4/h5-8,11-12,15,21H,9-10,13-14H2,1-4H3. The molecule has 2 rings (SSSR count). The molecule has 1 aromatic carbocycles. The van der Waals surface area contributed by atoms with Crippen LogP contribution < -0.4 is 9.47 Å². The maximum absolute atomic E-state index is 13.2. The summed E-state index contributed by atoms with van der Waals surface area (Å²) in [5, 5.41) is 1.97. The van der Waals surface area contributed by atoms with Crippen molar-refractivity contribution in [3.05, 3.63) is 46.2 Å². The van der Waals surface area contributed by atoms with Crippen molar-refractivity contribution >= 4 is 46.4 Å². The maximum atomic E-state index is 13.2. The number of carbonyl (C=O) groups excluding carboxylic acids is 2. The topological polar surface area (TPSA) is 59.1 Å². The van der Waals surface area contributed by atoms with E-state index < -0.39 is 10.7 Å². The van der Waals surface area contributed by atoms with Gasteiger partial charge in [0.15, 0.2) is 16.3 Å². The first-order valence-corrected chi connectivity index (χ1v) is 11.6. The van der Waals surface area contributed by atoms with Crippen molar-refractivity contribution < 1.29 is 19.1 Å². The number of methoxy groups -OCH3 is 2. The lowest BCUT2D eigenvalue weighted by Crippen LogP contribution is -2.47. The lowest BCUT2D eigenvalue weighted by Gasteiger charge is -2.30. The van der Waals surface area contributed by atoms with Crippen LogP contribution in [-0.4, -0.2) is 59.8 Å². The third-order valence-electron chi connectivity index (χ3n) is 4.80. The van der Waals surface area contributed by atoms with Crippen molar-refractivity contribution in [2.75, 3.05) is 27.3 Å². The number of hydrogen-bond donors (Lipinski definition) is 0. The molecule has 0 saturated carbocycles. The molecule has 0 bridgehead atoms. The van der Waals surface area contributed by atoms with Crippen molar-refractivity contribution in [1.29, 1.82) is 0 Å². The highest BCUT2D eigenvalue weighted by molar-refractivity contribution is 7.09. The quantitative estimate of drug-likeness (QED) is 0.442. The number of thiophene rings is 1. The van der Waals surface area contributed by atoms with Crippen LogP contribution in [0.4, 0.5) is 0 Å². The third kappa shape index (κ3) is 7.30. The summed E-state index contributed by atoms with van der Waals surface area (Å²) in [6.45, 7) is 4.53. The Morgan fingerprint density at radius 1 is 1.10 bits per heavy atom. The minimum absolute atomic E-state index is 0.0796. The summed E-state index contributed by atoms with van der Waals surface area (Å²) in [6, 6.07) is 9.44.